The highest BCUT2D eigenvalue weighted by molar-refractivity contribution is 6.31. The average molecular weight is 268 g/mol. The highest BCUT2D eigenvalue weighted by Gasteiger charge is 2.23. The second-order valence-electron chi connectivity index (χ2n) is 4.75. The molecular weight excluding hydrogens is 250 g/mol. The first kappa shape index (κ1) is 14.7. The predicted octanol–water partition coefficient (Wildman–Crippen LogP) is 3.41. The lowest BCUT2D eigenvalue weighted by Crippen LogP contribution is -2.42. The molecule has 0 aliphatic rings. The van der Waals surface area contributed by atoms with Gasteiger partial charge >= 0.3 is 0 Å². The molecule has 1 aromatic carbocycles. The Morgan fingerprint density at radius 2 is 1.78 bits per heavy atom. The number of nitrogens with zero attached hydrogens (tertiary/aromatic N) is 1. The SMILES string of the molecule is CC(C)N(C(=O)c1ccc(Cl)cc1C=O)C(C)C. The maximum absolute atomic E-state index is 12.4. The van der Waals surface area contributed by atoms with Crippen LogP contribution in [0, 0.1) is 0 Å². The van der Waals surface area contributed by atoms with Crippen LogP contribution in [0.4, 0.5) is 0 Å². The van der Waals surface area contributed by atoms with Crippen LogP contribution in [0.5, 0.6) is 0 Å². The zero-order valence-electron chi connectivity index (χ0n) is 11.1. The van der Waals surface area contributed by atoms with E-state index in [1.807, 2.05) is 27.7 Å². The van der Waals surface area contributed by atoms with Gasteiger partial charge in [-0.15, -0.1) is 0 Å². The summed E-state index contributed by atoms with van der Waals surface area (Å²) in [6, 6.07) is 4.90. The summed E-state index contributed by atoms with van der Waals surface area (Å²) >= 11 is 5.82. The Labute approximate surface area is 113 Å². The number of carbonyl (C=O) groups is 2. The highest BCUT2D eigenvalue weighted by Crippen LogP contribution is 2.19. The monoisotopic (exact) mass is 267 g/mol. The van der Waals surface area contributed by atoms with Gasteiger partial charge in [-0.2, -0.15) is 0 Å². The molecule has 1 amide bonds. The van der Waals surface area contributed by atoms with Crippen LogP contribution < -0.4 is 0 Å². The van der Waals surface area contributed by atoms with Crippen LogP contribution in [-0.2, 0) is 0 Å². The van der Waals surface area contributed by atoms with Crippen molar-refractivity contribution < 1.29 is 9.59 Å². The van der Waals surface area contributed by atoms with Crippen molar-refractivity contribution in [3.05, 3.63) is 34.3 Å². The van der Waals surface area contributed by atoms with Gasteiger partial charge in [-0.3, -0.25) is 9.59 Å². The predicted molar refractivity (Wildman–Crippen MR) is 73.3 cm³/mol. The second-order valence-corrected chi connectivity index (χ2v) is 5.19. The molecule has 0 saturated heterocycles. The third-order valence-corrected chi connectivity index (χ3v) is 2.95. The van der Waals surface area contributed by atoms with E-state index in [2.05, 4.69) is 0 Å². The second kappa shape index (κ2) is 6.01. The van der Waals surface area contributed by atoms with Crippen molar-refractivity contribution in [1.82, 2.24) is 4.90 Å². The van der Waals surface area contributed by atoms with E-state index in [9.17, 15) is 9.59 Å². The van der Waals surface area contributed by atoms with Gasteiger partial charge in [0.15, 0.2) is 6.29 Å². The van der Waals surface area contributed by atoms with Gasteiger partial charge in [0.2, 0.25) is 0 Å². The number of halogens is 1. The summed E-state index contributed by atoms with van der Waals surface area (Å²) in [6.45, 7) is 7.81. The smallest absolute Gasteiger partial charge is 0.255 e. The van der Waals surface area contributed by atoms with E-state index >= 15 is 0 Å². The first-order chi connectivity index (χ1) is 8.38. The Balaban J connectivity index is 3.20. The summed E-state index contributed by atoms with van der Waals surface area (Å²) in [4.78, 5) is 25.2. The molecule has 0 bridgehead atoms. The Bertz CT molecular complexity index is 447. The molecule has 1 aromatic rings. The molecule has 0 atom stereocenters. The van der Waals surface area contributed by atoms with Crippen LogP contribution in [-0.4, -0.2) is 29.2 Å². The number of carbonyl (C=O) groups excluding carboxylic acids is 2. The third-order valence-electron chi connectivity index (χ3n) is 2.72. The van der Waals surface area contributed by atoms with E-state index in [-0.39, 0.29) is 18.0 Å². The number of aldehydes is 1. The Kier molecular flexibility index (Phi) is 4.91. The third kappa shape index (κ3) is 3.10. The lowest BCUT2D eigenvalue weighted by atomic mass is 10.1. The minimum absolute atomic E-state index is 0.0766. The summed E-state index contributed by atoms with van der Waals surface area (Å²) in [5.74, 6) is -0.140. The van der Waals surface area contributed by atoms with Gasteiger partial charge in [0.05, 0.1) is 5.56 Å². The minimum atomic E-state index is -0.140. The van der Waals surface area contributed by atoms with E-state index in [4.69, 9.17) is 11.6 Å². The van der Waals surface area contributed by atoms with Gasteiger partial charge in [0, 0.05) is 22.7 Å². The molecule has 4 heteroatoms. The molecular formula is C14H18ClNO2. The molecule has 0 fully saturated rings. The molecule has 0 spiro atoms. The van der Waals surface area contributed by atoms with Gasteiger partial charge in [0.1, 0.15) is 0 Å². The average Bonchev–Trinajstić information content (AvgIpc) is 2.27. The standard InChI is InChI=1S/C14H18ClNO2/c1-9(2)16(10(3)4)14(18)13-6-5-12(15)7-11(13)8-17/h5-10H,1-4H3. The van der Waals surface area contributed by atoms with E-state index < -0.39 is 0 Å². The molecule has 0 heterocycles. The van der Waals surface area contributed by atoms with Crippen molar-refractivity contribution in [2.75, 3.05) is 0 Å². The van der Waals surface area contributed by atoms with Crippen molar-refractivity contribution in [1.29, 1.82) is 0 Å². The maximum Gasteiger partial charge on any atom is 0.255 e. The summed E-state index contributed by atoms with van der Waals surface area (Å²) in [7, 11) is 0. The normalized spacial score (nSPS) is 10.8. The molecule has 3 nitrogen and oxygen atoms in total. The Morgan fingerprint density at radius 3 is 2.22 bits per heavy atom. The molecule has 0 aliphatic heterocycles. The first-order valence-electron chi connectivity index (χ1n) is 5.95. The number of amides is 1. The number of benzene rings is 1. The van der Waals surface area contributed by atoms with Crippen LogP contribution in [0.3, 0.4) is 0 Å². The van der Waals surface area contributed by atoms with E-state index in [1.165, 1.54) is 6.07 Å². The lowest BCUT2D eigenvalue weighted by Gasteiger charge is -2.31. The van der Waals surface area contributed by atoms with Crippen molar-refractivity contribution >= 4 is 23.8 Å². The number of hydrogen-bond donors (Lipinski definition) is 0. The van der Waals surface area contributed by atoms with E-state index in [0.717, 1.165) is 0 Å². The molecule has 98 valence electrons. The Hall–Kier alpha value is -1.35. The fraction of sp³-hybridized carbons (Fsp3) is 0.429. The zero-order chi connectivity index (χ0) is 13.9. The molecule has 1 rings (SSSR count). The van der Waals surface area contributed by atoms with Crippen molar-refractivity contribution in [2.24, 2.45) is 0 Å². The van der Waals surface area contributed by atoms with Crippen molar-refractivity contribution in [3.8, 4) is 0 Å². The highest BCUT2D eigenvalue weighted by atomic mass is 35.5. The molecule has 0 N–H and O–H groups in total. The van der Waals surface area contributed by atoms with Crippen LogP contribution in [0.15, 0.2) is 18.2 Å². The number of rotatable bonds is 4. The molecule has 0 aromatic heterocycles. The molecule has 0 radical (unpaired) electrons. The summed E-state index contributed by atoms with van der Waals surface area (Å²) < 4.78 is 0. The molecule has 18 heavy (non-hydrogen) atoms. The fourth-order valence-corrected chi connectivity index (χ4v) is 2.21. The quantitative estimate of drug-likeness (QED) is 0.784. The molecule has 0 unspecified atom stereocenters. The van der Waals surface area contributed by atoms with Crippen LogP contribution in [0.1, 0.15) is 48.4 Å². The first-order valence-corrected chi connectivity index (χ1v) is 6.33. The van der Waals surface area contributed by atoms with Crippen molar-refractivity contribution in [3.63, 3.8) is 0 Å². The summed E-state index contributed by atoms with van der Waals surface area (Å²) in [5.41, 5.74) is 0.732. The van der Waals surface area contributed by atoms with Gasteiger partial charge in [-0.1, -0.05) is 11.6 Å². The van der Waals surface area contributed by atoms with E-state index in [0.29, 0.717) is 22.4 Å². The van der Waals surface area contributed by atoms with Gasteiger partial charge in [0.25, 0.3) is 5.91 Å². The lowest BCUT2D eigenvalue weighted by molar-refractivity contribution is 0.0641. The van der Waals surface area contributed by atoms with Crippen LogP contribution in [0.25, 0.3) is 0 Å². The van der Waals surface area contributed by atoms with Crippen molar-refractivity contribution in [2.45, 2.75) is 39.8 Å². The van der Waals surface area contributed by atoms with E-state index in [1.54, 1.807) is 17.0 Å². The van der Waals surface area contributed by atoms with Gasteiger partial charge < -0.3 is 4.90 Å². The van der Waals surface area contributed by atoms with Gasteiger partial charge in [-0.05, 0) is 45.9 Å². The maximum atomic E-state index is 12.4. The molecule has 0 saturated carbocycles. The summed E-state index contributed by atoms with van der Waals surface area (Å²) in [6.07, 6.45) is 0.665. The number of hydrogen-bond acceptors (Lipinski definition) is 2. The summed E-state index contributed by atoms with van der Waals surface area (Å²) in [5, 5.41) is 0.453. The zero-order valence-corrected chi connectivity index (χ0v) is 11.9. The van der Waals surface area contributed by atoms with Crippen LogP contribution in [0.2, 0.25) is 5.02 Å². The minimum Gasteiger partial charge on any atom is -0.334 e. The molecule has 0 aliphatic carbocycles. The Morgan fingerprint density at radius 1 is 1.22 bits per heavy atom. The fourth-order valence-electron chi connectivity index (χ4n) is 2.03. The topological polar surface area (TPSA) is 37.4 Å². The largest absolute Gasteiger partial charge is 0.334 e. The van der Waals surface area contributed by atoms with Crippen LogP contribution >= 0.6 is 11.6 Å². The van der Waals surface area contributed by atoms with Gasteiger partial charge in [-0.25, -0.2) is 0 Å².